The fraction of sp³-hybridized carbons (Fsp3) is 0.364. The van der Waals surface area contributed by atoms with E-state index in [2.05, 4.69) is 38.3 Å². The SMILES string of the molecule is Cc1nnc(CN=C(NCCc2cccs2)NC2CC(=O)N(c3ccccc3)C2)n1C.I. The molecule has 3 aromatic rings. The Morgan fingerprint density at radius 2 is 2.03 bits per heavy atom. The van der Waals surface area contributed by atoms with Crippen LogP contribution in [0.3, 0.4) is 0 Å². The molecule has 1 amide bonds. The smallest absolute Gasteiger partial charge is 0.229 e. The highest BCUT2D eigenvalue weighted by Gasteiger charge is 2.31. The lowest BCUT2D eigenvalue weighted by molar-refractivity contribution is -0.117. The predicted octanol–water partition coefficient (Wildman–Crippen LogP) is 2.89. The molecule has 1 aliphatic rings. The van der Waals surface area contributed by atoms with Crippen molar-refractivity contribution in [2.24, 2.45) is 12.0 Å². The first-order chi connectivity index (χ1) is 15.1. The molecule has 0 spiro atoms. The molecule has 10 heteroatoms. The molecule has 0 bridgehead atoms. The molecular formula is C22H28IN7OS. The number of carbonyl (C=O) groups excluding carboxylic acids is 1. The zero-order valence-electron chi connectivity index (χ0n) is 18.2. The first kappa shape index (κ1) is 24.2. The summed E-state index contributed by atoms with van der Waals surface area (Å²) < 4.78 is 1.93. The van der Waals surface area contributed by atoms with E-state index in [-0.39, 0.29) is 35.9 Å². The van der Waals surface area contributed by atoms with Gasteiger partial charge < -0.3 is 20.1 Å². The fourth-order valence-electron chi connectivity index (χ4n) is 3.51. The van der Waals surface area contributed by atoms with Crippen LogP contribution in [0.15, 0.2) is 52.8 Å². The monoisotopic (exact) mass is 565 g/mol. The van der Waals surface area contributed by atoms with E-state index >= 15 is 0 Å². The summed E-state index contributed by atoms with van der Waals surface area (Å²) in [6, 6.07) is 14.0. The maximum absolute atomic E-state index is 12.6. The van der Waals surface area contributed by atoms with E-state index in [1.54, 1.807) is 11.3 Å². The Kier molecular flexibility index (Phi) is 8.62. The summed E-state index contributed by atoms with van der Waals surface area (Å²) in [5.41, 5.74) is 0.926. The number of para-hydroxylation sites is 1. The van der Waals surface area contributed by atoms with Crippen molar-refractivity contribution in [3.63, 3.8) is 0 Å². The molecule has 1 saturated heterocycles. The average Bonchev–Trinajstić information content (AvgIpc) is 3.49. The molecule has 1 atom stereocenters. The van der Waals surface area contributed by atoms with E-state index in [0.29, 0.717) is 25.5 Å². The number of hydrogen-bond donors (Lipinski definition) is 2. The van der Waals surface area contributed by atoms with Gasteiger partial charge in [-0.1, -0.05) is 24.3 Å². The highest BCUT2D eigenvalue weighted by atomic mass is 127. The van der Waals surface area contributed by atoms with Crippen LogP contribution in [-0.4, -0.2) is 45.8 Å². The average molecular weight is 565 g/mol. The number of thiophene rings is 1. The maximum Gasteiger partial charge on any atom is 0.229 e. The van der Waals surface area contributed by atoms with Gasteiger partial charge >= 0.3 is 0 Å². The fourth-order valence-corrected chi connectivity index (χ4v) is 4.21. The molecule has 4 rings (SSSR count). The van der Waals surface area contributed by atoms with E-state index in [0.717, 1.165) is 30.3 Å². The molecule has 2 aromatic heterocycles. The number of benzene rings is 1. The minimum atomic E-state index is -0.0121. The number of nitrogens with zero attached hydrogens (tertiary/aromatic N) is 5. The van der Waals surface area contributed by atoms with Crippen molar-refractivity contribution in [2.75, 3.05) is 18.0 Å². The standard InChI is InChI=1S/C22H27N7OS.HI/c1-16-26-27-20(28(16)2)14-24-22(23-11-10-19-9-6-12-31-19)25-17-13-21(30)29(15-17)18-7-4-3-5-8-18;/h3-9,12,17H,10-11,13-15H2,1-2H3,(H2,23,24,25);1H. The maximum atomic E-state index is 12.6. The molecule has 0 aliphatic carbocycles. The van der Waals surface area contributed by atoms with Gasteiger partial charge in [0.1, 0.15) is 12.4 Å². The third-order valence-corrected chi connectivity index (χ3v) is 6.28. The Morgan fingerprint density at radius 1 is 1.22 bits per heavy atom. The molecule has 2 N–H and O–H groups in total. The number of halogens is 1. The van der Waals surface area contributed by atoms with Crippen molar-refractivity contribution >= 4 is 52.9 Å². The summed E-state index contributed by atoms with van der Waals surface area (Å²) in [5.74, 6) is 2.45. The molecule has 0 radical (unpaired) electrons. The summed E-state index contributed by atoms with van der Waals surface area (Å²) >= 11 is 1.75. The molecular weight excluding hydrogens is 537 g/mol. The van der Waals surface area contributed by atoms with Gasteiger partial charge in [0.2, 0.25) is 5.91 Å². The highest BCUT2D eigenvalue weighted by molar-refractivity contribution is 14.0. The topological polar surface area (TPSA) is 87.4 Å². The third kappa shape index (κ3) is 6.06. The summed E-state index contributed by atoms with van der Waals surface area (Å²) in [5, 5.41) is 17.2. The van der Waals surface area contributed by atoms with Crippen molar-refractivity contribution in [3.8, 4) is 0 Å². The van der Waals surface area contributed by atoms with Crippen LogP contribution in [-0.2, 0) is 24.8 Å². The number of carbonyl (C=O) groups is 1. The number of aryl methyl sites for hydroxylation is 1. The molecule has 32 heavy (non-hydrogen) atoms. The van der Waals surface area contributed by atoms with Crippen LogP contribution in [0.2, 0.25) is 0 Å². The lowest BCUT2D eigenvalue weighted by Gasteiger charge is -2.19. The molecule has 1 fully saturated rings. The van der Waals surface area contributed by atoms with Gasteiger partial charge in [-0.3, -0.25) is 4.79 Å². The number of nitrogens with one attached hydrogen (secondary N) is 2. The summed E-state index contributed by atoms with van der Waals surface area (Å²) in [6.45, 7) is 3.69. The molecule has 1 aliphatic heterocycles. The van der Waals surface area contributed by atoms with Gasteiger partial charge in [-0.25, -0.2) is 4.99 Å². The zero-order valence-corrected chi connectivity index (χ0v) is 21.3. The Morgan fingerprint density at radius 3 is 2.72 bits per heavy atom. The molecule has 1 unspecified atom stereocenters. The van der Waals surface area contributed by atoms with Gasteiger partial charge in [0.05, 0.1) is 6.04 Å². The summed E-state index contributed by atoms with van der Waals surface area (Å²) in [4.78, 5) is 20.4. The molecule has 3 heterocycles. The van der Waals surface area contributed by atoms with Crippen LogP contribution in [0.5, 0.6) is 0 Å². The summed E-state index contributed by atoms with van der Waals surface area (Å²) in [7, 11) is 1.94. The van der Waals surface area contributed by atoms with Crippen molar-refractivity contribution in [1.82, 2.24) is 25.4 Å². The van der Waals surface area contributed by atoms with E-state index in [4.69, 9.17) is 4.99 Å². The van der Waals surface area contributed by atoms with Crippen LogP contribution in [0.4, 0.5) is 5.69 Å². The first-order valence-corrected chi connectivity index (χ1v) is 11.3. The second-order valence-corrected chi connectivity index (χ2v) is 8.56. The summed E-state index contributed by atoms with van der Waals surface area (Å²) in [6.07, 6.45) is 1.35. The van der Waals surface area contributed by atoms with Crippen LogP contribution in [0, 0.1) is 6.92 Å². The van der Waals surface area contributed by atoms with E-state index in [9.17, 15) is 4.79 Å². The first-order valence-electron chi connectivity index (χ1n) is 10.4. The van der Waals surface area contributed by atoms with Crippen LogP contribution in [0.25, 0.3) is 0 Å². The van der Waals surface area contributed by atoms with Crippen LogP contribution in [0.1, 0.15) is 22.9 Å². The second-order valence-electron chi connectivity index (χ2n) is 7.53. The Balaban J connectivity index is 0.00000289. The largest absolute Gasteiger partial charge is 0.356 e. The Labute approximate surface area is 209 Å². The van der Waals surface area contributed by atoms with Crippen molar-refractivity contribution in [2.45, 2.75) is 32.4 Å². The normalized spacial score (nSPS) is 16.2. The minimum absolute atomic E-state index is 0. The number of amides is 1. The number of rotatable bonds is 7. The lowest BCUT2D eigenvalue weighted by atomic mass is 10.2. The second kappa shape index (κ2) is 11.4. The number of hydrogen-bond acceptors (Lipinski definition) is 5. The van der Waals surface area contributed by atoms with Crippen LogP contribution < -0.4 is 15.5 Å². The number of aliphatic imine (C=N–C) groups is 1. The van der Waals surface area contributed by atoms with Crippen molar-refractivity contribution in [1.29, 1.82) is 0 Å². The van der Waals surface area contributed by atoms with E-state index in [1.165, 1.54) is 4.88 Å². The van der Waals surface area contributed by atoms with Gasteiger partial charge in [-0.15, -0.1) is 45.5 Å². The lowest BCUT2D eigenvalue weighted by Crippen LogP contribution is -2.45. The van der Waals surface area contributed by atoms with Crippen molar-refractivity contribution < 1.29 is 4.79 Å². The predicted molar refractivity (Wildman–Crippen MR) is 139 cm³/mol. The number of anilines is 1. The van der Waals surface area contributed by atoms with Crippen molar-refractivity contribution in [3.05, 3.63) is 64.4 Å². The Bertz CT molecular complexity index is 1040. The van der Waals surface area contributed by atoms with E-state index < -0.39 is 0 Å². The molecule has 8 nitrogen and oxygen atoms in total. The number of aromatic nitrogens is 3. The zero-order chi connectivity index (χ0) is 21.6. The van der Waals surface area contributed by atoms with E-state index in [1.807, 2.05) is 53.8 Å². The molecule has 0 saturated carbocycles. The van der Waals surface area contributed by atoms with Gasteiger partial charge in [0.15, 0.2) is 11.8 Å². The van der Waals surface area contributed by atoms with Gasteiger partial charge in [0.25, 0.3) is 0 Å². The molecule has 1 aromatic carbocycles. The van der Waals surface area contributed by atoms with Gasteiger partial charge in [-0.05, 0) is 36.9 Å². The van der Waals surface area contributed by atoms with Gasteiger partial charge in [0, 0.05) is 37.1 Å². The van der Waals surface area contributed by atoms with Crippen LogP contribution >= 0.6 is 35.3 Å². The molecule has 170 valence electrons. The number of guanidine groups is 1. The quantitative estimate of drug-likeness (QED) is 0.262. The van der Waals surface area contributed by atoms with Gasteiger partial charge in [-0.2, -0.15) is 0 Å². The highest BCUT2D eigenvalue weighted by Crippen LogP contribution is 2.21. The minimum Gasteiger partial charge on any atom is -0.356 e. The third-order valence-electron chi connectivity index (χ3n) is 5.34. The Hall–Kier alpha value is -2.47.